The molecule has 9 heteroatoms. The van der Waals surface area contributed by atoms with Gasteiger partial charge in [0, 0.05) is 5.56 Å². The van der Waals surface area contributed by atoms with Gasteiger partial charge in [0.1, 0.15) is 12.0 Å². The number of hydrogen-bond acceptors (Lipinski definition) is 2. The second-order valence-electron chi connectivity index (χ2n) is 3.39. The van der Waals surface area contributed by atoms with Crippen LogP contribution >= 0.6 is 15.9 Å². The second kappa shape index (κ2) is 5.40. The molecule has 0 aromatic heterocycles. The molecule has 19 heavy (non-hydrogen) atoms. The molecular weight excluding hydrogens is 346 g/mol. The number of alkyl halides is 6. The topological polar surface area (TPSA) is 26.3 Å². The van der Waals surface area contributed by atoms with Crippen LogP contribution in [-0.2, 0) is 0 Å². The molecule has 0 aliphatic carbocycles. The van der Waals surface area contributed by atoms with Crippen LogP contribution in [0.3, 0.4) is 0 Å². The Morgan fingerprint density at radius 2 is 1.63 bits per heavy atom. The first-order valence-electron chi connectivity index (χ1n) is 4.60. The Morgan fingerprint density at radius 1 is 1.11 bits per heavy atom. The molecule has 0 bridgehead atoms. The lowest BCUT2D eigenvalue weighted by Gasteiger charge is -2.24. The minimum absolute atomic E-state index is 0.0785. The molecule has 1 rings (SSSR count). The minimum Gasteiger partial charge on any atom is -0.470 e. The van der Waals surface area contributed by atoms with Gasteiger partial charge < -0.3 is 4.74 Å². The van der Waals surface area contributed by atoms with Crippen LogP contribution in [0.25, 0.3) is 0 Å². The smallest absolute Gasteiger partial charge is 0.434 e. The molecule has 2 nitrogen and oxygen atoms in total. The third-order valence-electron chi connectivity index (χ3n) is 1.93. The van der Waals surface area contributed by atoms with E-state index < -0.39 is 24.2 Å². The Balaban J connectivity index is 3.08. The van der Waals surface area contributed by atoms with Crippen LogP contribution < -0.4 is 4.74 Å². The van der Waals surface area contributed by atoms with Crippen LogP contribution in [0.5, 0.6) is 5.75 Å². The van der Waals surface area contributed by atoms with E-state index in [1.165, 1.54) is 0 Å². The van der Waals surface area contributed by atoms with Crippen molar-refractivity contribution in [1.29, 1.82) is 0 Å². The molecule has 0 atom stereocenters. The monoisotopic (exact) mass is 350 g/mol. The van der Waals surface area contributed by atoms with Gasteiger partial charge in [-0.2, -0.15) is 26.3 Å². The van der Waals surface area contributed by atoms with Gasteiger partial charge in [-0.25, -0.2) is 0 Å². The zero-order valence-corrected chi connectivity index (χ0v) is 10.4. The van der Waals surface area contributed by atoms with E-state index >= 15 is 0 Å². The second-order valence-corrected chi connectivity index (χ2v) is 4.24. The van der Waals surface area contributed by atoms with E-state index in [0.29, 0.717) is 6.29 Å². The Kier molecular flexibility index (Phi) is 4.49. The van der Waals surface area contributed by atoms with E-state index in [1.54, 1.807) is 0 Å². The highest BCUT2D eigenvalue weighted by Gasteiger charge is 2.59. The molecule has 1 aromatic rings. The molecule has 0 aliphatic heterocycles. The highest BCUT2D eigenvalue weighted by molar-refractivity contribution is 9.10. The van der Waals surface area contributed by atoms with Crippen molar-refractivity contribution < 1.29 is 35.9 Å². The third-order valence-corrected chi connectivity index (χ3v) is 2.55. The number of benzene rings is 1. The molecule has 106 valence electrons. The molecule has 0 N–H and O–H groups in total. The van der Waals surface area contributed by atoms with Crippen LogP contribution in [0.15, 0.2) is 22.7 Å². The lowest BCUT2D eigenvalue weighted by molar-refractivity contribution is -0.300. The van der Waals surface area contributed by atoms with Crippen molar-refractivity contribution in [1.82, 2.24) is 0 Å². The molecule has 0 heterocycles. The zero-order valence-electron chi connectivity index (χ0n) is 8.85. The van der Waals surface area contributed by atoms with E-state index in [-0.39, 0.29) is 10.0 Å². The number of carbonyl (C=O) groups is 1. The van der Waals surface area contributed by atoms with Gasteiger partial charge in [-0.05, 0) is 34.1 Å². The molecule has 0 fully saturated rings. The maximum Gasteiger partial charge on any atom is 0.434 e. The van der Waals surface area contributed by atoms with Crippen molar-refractivity contribution in [3.05, 3.63) is 28.2 Å². The molecule has 0 saturated heterocycles. The summed E-state index contributed by atoms with van der Waals surface area (Å²) in [5, 5.41) is 0. The van der Waals surface area contributed by atoms with Crippen molar-refractivity contribution >= 4 is 22.2 Å². The van der Waals surface area contributed by atoms with Crippen molar-refractivity contribution in [2.75, 3.05) is 0 Å². The van der Waals surface area contributed by atoms with Crippen LogP contribution in [0.1, 0.15) is 10.4 Å². The number of hydrogen-bond donors (Lipinski definition) is 0. The maximum absolute atomic E-state index is 12.3. The molecule has 0 spiro atoms. The Hall–Kier alpha value is -1.25. The quantitative estimate of drug-likeness (QED) is 0.605. The molecule has 0 unspecified atom stereocenters. The normalized spacial score (nSPS) is 12.6. The summed E-state index contributed by atoms with van der Waals surface area (Å²) in [6, 6.07) is 2.93. The average molecular weight is 351 g/mol. The fraction of sp³-hybridized carbons (Fsp3) is 0.300. The minimum atomic E-state index is -5.60. The summed E-state index contributed by atoms with van der Waals surface area (Å²) in [7, 11) is 0. The number of aldehydes is 1. The van der Waals surface area contributed by atoms with Crippen LogP contribution in [0.4, 0.5) is 26.3 Å². The summed E-state index contributed by atoms with van der Waals surface area (Å²) in [5.41, 5.74) is 0.0785. The van der Waals surface area contributed by atoms with E-state index in [0.717, 1.165) is 18.2 Å². The third kappa shape index (κ3) is 4.12. The summed E-state index contributed by atoms with van der Waals surface area (Å²) >= 11 is 2.73. The first-order chi connectivity index (χ1) is 8.55. The van der Waals surface area contributed by atoms with Gasteiger partial charge in [0.2, 0.25) is 0 Å². The van der Waals surface area contributed by atoms with Crippen molar-refractivity contribution in [3.63, 3.8) is 0 Å². The Bertz CT molecular complexity index is 454. The Morgan fingerprint density at radius 3 is 2.00 bits per heavy atom. The van der Waals surface area contributed by atoms with Gasteiger partial charge in [0.15, 0.2) is 0 Å². The summed E-state index contributed by atoms with van der Waals surface area (Å²) in [6.45, 7) is 0. The van der Waals surface area contributed by atoms with Crippen LogP contribution in [-0.4, -0.2) is 24.7 Å². The molecule has 0 radical (unpaired) electrons. The molecule has 0 aliphatic rings. The van der Waals surface area contributed by atoms with E-state index in [1.807, 2.05) is 0 Å². The van der Waals surface area contributed by atoms with Gasteiger partial charge in [-0.3, -0.25) is 4.79 Å². The predicted octanol–water partition coefficient (Wildman–Crippen LogP) is 4.13. The number of carbonyl (C=O) groups excluding carboxylic acids is 1. The summed E-state index contributed by atoms with van der Waals surface area (Å²) < 4.78 is 77.4. The largest absolute Gasteiger partial charge is 0.470 e. The Labute approximate surface area is 111 Å². The SMILES string of the molecule is O=Cc1ccc(OC(C(F)(F)F)C(F)(F)F)c(Br)c1. The number of rotatable bonds is 3. The van der Waals surface area contributed by atoms with Crippen molar-refractivity contribution in [3.8, 4) is 5.75 Å². The zero-order chi connectivity index (χ0) is 14.8. The molecular formula is C10H5BrF6O2. The van der Waals surface area contributed by atoms with E-state index in [4.69, 9.17) is 0 Å². The van der Waals surface area contributed by atoms with Gasteiger partial charge in [-0.15, -0.1) is 0 Å². The maximum atomic E-state index is 12.3. The fourth-order valence-electron chi connectivity index (χ4n) is 1.13. The number of ether oxygens (including phenoxy) is 1. The molecule has 0 amide bonds. The molecule has 1 aromatic carbocycles. The summed E-state index contributed by atoms with van der Waals surface area (Å²) in [6.07, 6.45) is -14.7. The standard InChI is InChI=1S/C10H5BrF6O2/c11-6-3-5(4-18)1-2-7(6)19-8(9(12,13)14)10(15,16)17/h1-4,8H. The first kappa shape index (κ1) is 15.8. The van der Waals surface area contributed by atoms with Crippen molar-refractivity contribution in [2.24, 2.45) is 0 Å². The highest BCUT2D eigenvalue weighted by Crippen LogP contribution is 2.38. The van der Waals surface area contributed by atoms with Gasteiger partial charge in [-0.1, -0.05) is 0 Å². The van der Waals surface area contributed by atoms with Gasteiger partial charge in [0.25, 0.3) is 6.10 Å². The van der Waals surface area contributed by atoms with Crippen molar-refractivity contribution in [2.45, 2.75) is 18.5 Å². The van der Waals surface area contributed by atoms with Crippen LogP contribution in [0, 0.1) is 0 Å². The molecule has 0 saturated carbocycles. The van der Waals surface area contributed by atoms with Gasteiger partial charge in [0.05, 0.1) is 4.47 Å². The first-order valence-corrected chi connectivity index (χ1v) is 5.40. The highest BCUT2D eigenvalue weighted by atomic mass is 79.9. The van der Waals surface area contributed by atoms with Gasteiger partial charge >= 0.3 is 12.4 Å². The van der Waals surface area contributed by atoms with E-state index in [9.17, 15) is 31.1 Å². The summed E-state index contributed by atoms with van der Waals surface area (Å²) in [4.78, 5) is 10.4. The predicted molar refractivity (Wildman–Crippen MR) is 56.1 cm³/mol. The number of halogens is 7. The van der Waals surface area contributed by atoms with Crippen LogP contribution in [0.2, 0.25) is 0 Å². The average Bonchev–Trinajstić information content (AvgIpc) is 2.23. The lowest BCUT2D eigenvalue weighted by atomic mass is 10.2. The fourth-order valence-corrected chi connectivity index (χ4v) is 1.62. The summed E-state index contributed by atoms with van der Waals surface area (Å²) in [5.74, 6) is -0.662. The van der Waals surface area contributed by atoms with E-state index in [2.05, 4.69) is 20.7 Å². The lowest BCUT2D eigenvalue weighted by Crippen LogP contribution is -2.46.